The molecule has 0 radical (unpaired) electrons. The highest BCUT2D eigenvalue weighted by Crippen LogP contribution is 2.37. The third-order valence-corrected chi connectivity index (χ3v) is 5.81. The number of nitrogens with one attached hydrogen (secondary N) is 2. The highest BCUT2D eigenvalue weighted by molar-refractivity contribution is 8.01. The maximum atomic E-state index is 12.4. The van der Waals surface area contributed by atoms with Gasteiger partial charge >= 0.3 is 4.87 Å². The van der Waals surface area contributed by atoms with E-state index in [4.69, 9.17) is 0 Å². The number of benzene rings is 2. The van der Waals surface area contributed by atoms with Crippen LogP contribution < -0.4 is 10.2 Å². The average molecular weight is 328 g/mol. The summed E-state index contributed by atoms with van der Waals surface area (Å²) in [5.41, 5.74) is 2.70. The van der Waals surface area contributed by atoms with Gasteiger partial charge in [0.1, 0.15) is 0 Å². The second-order valence-corrected chi connectivity index (χ2v) is 7.39. The quantitative estimate of drug-likeness (QED) is 0.759. The summed E-state index contributed by atoms with van der Waals surface area (Å²) in [7, 11) is 0. The summed E-state index contributed by atoms with van der Waals surface area (Å²) < 4.78 is 0.894. The number of H-pyrrole nitrogens is 1. The van der Waals surface area contributed by atoms with E-state index in [1.54, 1.807) is 17.8 Å². The number of rotatable bonds is 2. The number of thiazole rings is 1. The Balaban J connectivity index is 1.53. The maximum Gasteiger partial charge on any atom is 0.305 e. The van der Waals surface area contributed by atoms with E-state index in [0.717, 1.165) is 16.6 Å². The van der Waals surface area contributed by atoms with E-state index in [1.165, 1.54) is 21.8 Å². The van der Waals surface area contributed by atoms with Crippen molar-refractivity contribution in [2.24, 2.45) is 0 Å². The topological polar surface area (TPSA) is 62.0 Å². The fourth-order valence-corrected chi connectivity index (χ4v) is 4.49. The first-order chi connectivity index (χ1) is 10.7. The third-order valence-electron chi connectivity index (χ3n) is 3.63. The first-order valence-electron chi connectivity index (χ1n) is 6.87. The van der Waals surface area contributed by atoms with Crippen molar-refractivity contribution in [2.75, 3.05) is 5.32 Å². The van der Waals surface area contributed by atoms with Crippen LogP contribution in [0.4, 0.5) is 5.69 Å². The van der Waals surface area contributed by atoms with Crippen LogP contribution in [0.3, 0.4) is 0 Å². The number of hydrogen-bond donors (Lipinski definition) is 2. The minimum atomic E-state index is -0.102. The lowest BCUT2D eigenvalue weighted by atomic mass is 10.1. The molecule has 22 heavy (non-hydrogen) atoms. The first kappa shape index (κ1) is 13.6. The number of aromatic nitrogens is 1. The molecule has 0 saturated carbocycles. The zero-order valence-electron chi connectivity index (χ0n) is 11.5. The van der Waals surface area contributed by atoms with Crippen LogP contribution in [0.1, 0.15) is 5.56 Å². The summed E-state index contributed by atoms with van der Waals surface area (Å²) in [5, 5.41) is 2.84. The van der Waals surface area contributed by atoms with Crippen molar-refractivity contribution < 1.29 is 4.79 Å². The predicted molar refractivity (Wildman–Crippen MR) is 90.9 cm³/mol. The van der Waals surface area contributed by atoms with Crippen molar-refractivity contribution in [3.05, 3.63) is 57.7 Å². The van der Waals surface area contributed by atoms with Crippen molar-refractivity contribution in [1.82, 2.24) is 4.98 Å². The SMILES string of the molecule is O=C(Nc1ccc2sc(=O)[nH]c2c1)C1Cc2ccccc2S1. The van der Waals surface area contributed by atoms with Gasteiger partial charge in [-0.15, -0.1) is 11.8 Å². The first-order valence-corrected chi connectivity index (χ1v) is 8.57. The Hall–Kier alpha value is -2.05. The smallest absolute Gasteiger partial charge is 0.305 e. The monoisotopic (exact) mass is 328 g/mol. The van der Waals surface area contributed by atoms with Gasteiger partial charge in [-0.2, -0.15) is 0 Å². The van der Waals surface area contributed by atoms with E-state index < -0.39 is 0 Å². The van der Waals surface area contributed by atoms with Gasteiger partial charge in [-0.05, 0) is 36.2 Å². The molecule has 4 rings (SSSR count). The second-order valence-electron chi connectivity index (χ2n) is 5.13. The zero-order valence-corrected chi connectivity index (χ0v) is 13.1. The Kier molecular flexibility index (Phi) is 3.28. The maximum absolute atomic E-state index is 12.4. The molecule has 1 atom stereocenters. The molecule has 1 aliphatic heterocycles. The van der Waals surface area contributed by atoms with Crippen molar-refractivity contribution >= 4 is 44.9 Å². The number of fused-ring (bicyclic) bond motifs is 2. The molecule has 0 fully saturated rings. The molecule has 1 amide bonds. The Labute approximate surface area is 134 Å². The summed E-state index contributed by atoms with van der Waals surface area (Å²) in [5.74, 6) is -0.00173. The zero-order chi connectivity index (χ0) is 15.1. The fraction of sp³-hybridized carbons (Fsp3) is 0.125. The van der Waals surface area contributed by atoms with Gasteiger partial charge in [0.25, 0.3) is 0 Å². The summed E-state index contributed by atoms with van der Waals surface area (Å²) in [6.45, 7) is 0. The van der Waals surface area contributed by atoms with Crippen LogP contribution in [0.2, 0.25) is 0 Å². The minimum absolute atomic E-state index is 0.00173. The molecular formula is C16H12N2O2S2. The van der Waals surface area contributed by atoms with Crippen molar-refractivity contribution in [2.45, 2.75) is 16.6 Å². The number of amides is 1. The van der Waals surface area contributed by atoms with Crippen LogP contribution in [-0.2, 0) is 11.2 Å². The molecular weight excluding hydrogens is 316 g/mol. The number of carbonyl (C=O) groups is 1. The van der Waals surface area contributed by atoms with Crippen LogP contribution in [-0.4, -0.2) is 16.1 Å². The van der Waals surface area contributed by atoms with E-state index in [1.807, 2.05) is 24.3 Å². The normalized spacial score (nSPS) is 16.6. The molecule has 0 aliphatic carbocycles. The molecule has 0 bridgehead atoms. The van der Waals surface area contributed by atoms with Gasteiger partial charge in [0.2, 0.25) is 5.91 Å². The lowest BCUT2D eigenvalue weighted by Gasteiger charge is -2.10. The van der Waals surface area contributed by atoms with E-state index in [-0.39, 0.29) is 16.0 Å². The van der Waals surface area contributed by atoms with Crippen LogP contribution in [0, 0.1) is 0 Å². The van der Waals surface area contributed by atoms with Crippen molar-refractivity contribution in [3.8, 4) is 0 Å². The number of aromatic amines is 1. The molecule has 1 aromatic heterocycles. The van der Waals surface area contributed by atoms with Crippen LogP contribution in [0.25, 0.3) is 10.2 Å². The summed E-state index contributed by atoms with van der Waals surface area (Å²) >= 11 is 2.77. The van der Waals surface area contributed by atoms with Gasteiger partial charge < -0.3 is 10.3 Å². The Bertz CT molecular complexity index is 904. The standard InChI is InChI=1S/C16H12N2O2S2/c19-15(14-7-9-3-1-2-4-12(9)21-14)17-10-5-6-13-11(8-10)18-16(20)22-13/h1-6,8,14H,7H2,(H,17,19)(H,18,20). The molecule has 110 valence electrons. The van der Waals surface area contributed by atoms with Gasteiger partial charge in [-0.1, -0.05) is 29.5 Å². The van der Waals surface area contributed by atoms with Gasteiger partial charge in [0, 0.05) is 10.6 Å². The second kappa shape index (κ2) is 5.30. The Morgan fingerprint density at radius 3 is 2.95 bits per heavy atom. The largest absolute Gasteiger partial charge is 0.325 e. The Morgan fingerprint density at radius 1 is 1.23 bits per heavy atom. The fourth-order valence-electron chi connectivity index (χ4n) is 2.58. The van der Waals surface area contributed by atoms with Gasteiger partial charge in [0.05, 0.1) is 15.5 Å². The Morgan fingerprint density at radius 2 is 2.09 bits per heavy atom. The number of hydrogen-bond acceptors (Lipinski definition) is 4. The van der Waals surface area contributed by atoms with Crippen LogP contribution in [0.5, 0.6) is 0 Å². The molecule has 2 heterocycles. The molecule has 0 spiro atoms. The number of carbonyl (C=O) groups excluding carboxylic acids is 1. The van der Waals surface area contributed by atoms with E-state index in [9.17, 15) is 9.59 Å². The molecule has 4 nitrogen and oxygen atoms in total. The van der Waals surface area contributed by atoms with E-state index >= 15 is 0 Å². The highest BCUT2D eigenvalue weighted by Gasteiger charge is 2.27. The van der Waals surface area contributed by atoms with Gasteiger partial charge in [-0.25, -0.2) is 0 Å². The molecule has 2 N–H and O–H groups in total. The molecule has 0 saturated heterocycles. The summed E-state index contributed by atoms with van der Waals surface area (Å²) in [6, 6.07) is 13.6. The lowest BCUT2D eigenvalue weighted by molar-refractivity contribution is -0.115. The number of thioether (sulfide) groups is 1. The van der Waals surface area contributed by atoms with Crippen LogP contribution >= 0.6 is 23.1 Å². The molecule has 3 aromatic rings. The molecule has 6 heteroatoms. The lowest BCUT2D eigenvalue weighted by Crippen LogP contribution is -2.24. The van der Waals surface area contributed by atoms with Crippen LogP contribution in [0.15, 0.2) is 52.2 Å². The third kappa shape index (κ3) is 2.44. The molecule has 2 aromatic carbocycles. The predicted octanol–water partition coefficient (Wildman–Crippen LogP) is 3.25. The molecule has 1 aliphatic rings. The van der Waals surface area contributed by atoms with Crippen molar-refractivity contribution in [3.63, 3.8) is 0 Å². The van der Waals surface area contributed by atoms with E-state index in [0.29, 0.717) is 5.69 Å². The van der Waals surface area contributed by atoms with E-state index in [2.05, 4.69) is 22.4 Å². The average Bonchev–Trinajstić information content (AvgIpc) is 3.08. The number of anilines is 1. The summed E-state index contributed by atoms with van der Waals surface area (Å²) in [4.78, 5) is 27.6. The van der Waals surface area contributed by atoms with Gasteiger partial charge in [0.15, 0.2) is 0 Å². The minimum Gasteiger partial charge on any atom is -0.325 e. The van der Waals surface area contributed by atoms with Crippen molar-refractivity contribution in [1.29, 1.82) is 0 Å². The highest BCUT2D eigenvalue weighted by atomic mass is 32.2. The van der Waals surface area contributed by atoms with Gasteiger partial charge in [-0.3, -0.25) is 9.59 Å². The summed E-state index contributed by atoms with van der Waals surface area (Å²) in [6.07, 6.45) is 0.754. The molecule has 1 unspecified atom stereocenters.